The summed E-state index contributed by atoms with van der Waals surface area (Å²) >= 11 is 0. The number of hydrogen-bond donors (Lipinski definition) is 1. The molecule has 2 amide bonds. The summed E-state index contributed by atoms with van der Waals surface area (Å²) in [6.45, 7) is 4.63. The van der Waals surface area contributed by atoms with Gasteiger partial charge in [-0.05, 0) is 26.0 Å². The van der Waals surface area contributed by atoms with E-state index in [2.05, 4.69) is 15.3 Å². The Labute approximate surface area is 152 Å². The van der Waals surface area contributed by atoms with Crippen LogP contribution in [-0.2, 0) is 4.79 Å². The molecule has 1 aromatic heterocycles. The van der Waals surface area contributed by atoms with Crippen LogP contribution < -0.4 is 14.8 Å². The molecule has 2 rings (SSSR count). The molecule has 2 aromatic rings. The molecule has 0 aliphatic carbocycles. The number of ether oxygens (including phenoxy) is 2. The minimum absolute atomic E-state index is 0.118. The second-order valence-electron chi connectivity index (χ2n) is 5.33. The van der Waals surface area contributed by atoms with E-state index in [0.717, 1.165) is 0 Å². The molecule has 8 heteroatoms. The van der Waals surface area contributed by atoms with Gasteiger partial charge in [0, 0.05) is 31.2 Å². The predicted molar refractivity (Wildman–Crippen MR) is 96.4 cm³/mol. The largest absolute Gasteiger partial charge is 0.490 e. The third kappa shape index (κ3) is 5.17. The lowest BCUT2D eigenvalue weighted by Gasteiger charge is -2.17. The van der Waals surface area contributed by atoms with Crippen LogP contribution in [0, 0.1) is 0 Å². The van der Waals surface area contributed by atoms with Gasteiger partial charge in [-0.25, -0.2) is 4.98 Å². The van der Waals surface area contributed by atoms with Crippen molar-refractivity contribution in [1.82, 2.24) is 14.9 Å². The van der Waals surface area contributed by atoms with Crippen molar-refractivity contribution in [1.29, 1.82) is 0 Å². The highest BCUT2D eigenvalue weighted by atomic mass is 16.5. The van der Waals surface area contributed by atoms with Crippen molar-refractivity contribution in [2.45, 2.75) is 13.8 Å². The van der Waals surface area contributed by atoms with Gasteiger partial charge in [0.1, 0.15) is 5.69 Å². The van der Waals surface area contributed by atoms with Gasteiger partial charge in [-0.15, -0.1) is 0 Å². The second kappa shape index (κ2) is 9.36. The quantitative estimate of drug-likeness (QED) is 0.776. The van der Waals surface area contributed by atoms with E-state index in [4.69, 9.17) is 9.47 Å². The highest BCUT2D eigenvalue weighted by molar-refractivity contribution is 5.98. The maximum atomic E-state index is 12.2. The number of hydrogen-bond acceptors (Lipinski definition) is 6. The fourth-order valence-electron chi connectivity index (χ4n) is 2.22. The zero-order valence-electron chi connectivity index (χ0n) is 15.1. The van der Waals surface area contributed by atoms with E-state index in [1.54, 1.807) is 18.2 Å². The molecule has 1 aromatic carbocycles. The Balaban J connectivity index is 2.00. The topological polar surface area (TPSA) is 93.7 Å². The molecule has 0 unspecified atom stereocenters. The Kier molecular flexibility index (Phi) is 6.90. The molecule has 138 valence electrons. The first-order chi connectivity index (χ1) is 12.5. The van der Waals surface area contributed by atoms with Gasteiger partial charge in [-0.2, -0.15) is 0 Å². The Morgan fingerprint density at radius 2 is 1.85 bits per heavy atom. The van der Waals surface area contributed by atoms with Crippen LogP contribution in [0.25, 0.3) is 0 Å². The lowest BCUT2D eigenvalue weighted by Crippen LogP contribution is -2.35. The van der Waals surface area contributed by atoms with Crippen LogP contribution in [0.3, 0.4) is 0 Å². The number of amides is 2. The van der Waals surface area contributed by atoms with E-state index in [1.165, 1.54) is 30.5 Å². The molecule has 0 radical (unpaired) electrons. The highest BCUT2D eigenvalue weighted by Gasteiger charge is 2.16. The summed E-state index contributed by atoms with van der Waals surface area (Å²) in [5.74, 6) is 0.449. The third-order valence-corrected chi connectivity index (χ3v) is 3.34. The molecule has 1 heterocycles. The van der Waals surface area contributed by atoms with Gasteiger partial charge < -0.3 is 19.7 Å². The molecule has 0 spiro atoms. The zero-order chi connectivity index (χ0) is 18.9. The van der Waals surface area contributed by atoms with Gasteiger partial charge >= 0.3 is 0 Å². The van der Waals surface area contributed by atoms with E-state index < -0.39 is 0 Å². The highest BCUT2D eigenvalue weighted by Crippen LogP contribution is 2.30. The van der Waals surface area contributed by atoms with Crippen molar-refractivity contribution in [2.75, 3.05) is 32.1 Å². The van der Waals surface area contributed by atoms with Gasteiger partial charge in [-0.1, -0.05) is 0 Å². The number of aromatic nitrogens is 2. The zero-order valence-corrected chi connectivity index (χ0v) is 15.1. The van der Waals surface area contributed by atoms with Crippen molar-refractivity contribution in [2.24, 2.45) is 0 Å². The average Bonchev–Trinajstić information content (AvgIpc) is 2.64. The summed E-state index contributed by atoms with van der Waals surface area (Å²) in [5.41, 5.74) is 0.741. The van der Waals surface area contributed by atoms with E-state index >= 15 is 0 Å². The van der Waals surface area contributed by atoms with Crippen LogP contribution in [0.5, 0.6) is 11.5 Å². The Hall–Kier alpha value is -3.16. The number of benzene rings is 1. The fraction of sp³-hybridized carbons (Fsp3) is 0.333. The smallest absolute Gasteiger partial charge is 0.274 e. The van der Waals surface area contributed by atoms with Crippen molar-refractivity contribution >= 4 is 17.5 Å². The molecule has 26 heavy (non-hydrogen) atoms. The first-order valence-corrected chi connectivity index (χ1v) is 8.26. The Bertz CT molecular complexity index is 752. The molecule has 0 aliphatic rings. The van der Waals surface area contributed by atoms with E-state index in [-0.39, 0.29) is 24.1 Å². The normalized spacial score (nSPS) is 10.1. The number of carbonyl (C=O) groups is 2. The average molecular weight is 358 g/mol. The Morgan fingerprint density at radius 3 is 2.50 bits per heavy atom. The maximum Gasteiger partial charge on any atom is 0.274 e. The molecule has 0 bridgehead atoms. The Morgan fingerprint density at radius 1 is 1.12 bits per heavy atom. The van der Waals surface area contributed by atoms with Crippen molar-refractivity contribution in [3.8, 4) is 11.5 Å². The van der Waals surface area contributed by atoms with Gasteiger partial charge in [0.25, 0.3) is 5.91 Å². The van der Waals surface area contributed by atoms with E-state index in [9.17, 15) is 9.59 Å². The predicted octanol–water partition coefficient (Wildman–Crippen LogP) is 1.98. The standard InChI is InChI=1S/C18H22N4O4/c1-4-25-15-7-6-13(10-16(15)26-5-2)21-17(23)12-22(3)18(24)14-11-19-8-9-20-14/h6-11H,4-5,12H2,1-3H3,(H,21,23). The lowest BCUT2D eigenvalue weighted by molar-refractivity contribution is -0.116. The summed E-state index contributed by atoms with van der Waals surface area (Å²) in [6.07, 6.45) is 4.26. The number of nitrogens with one attached hydrogen (secondary N) is 1. The molecule has 0 aliphatic heterocycles. The summed E-state index contributed by atoms with van der Waals surface area (Å²) in [6, 6.07) is 5.14. The van der Waals surface area contributed by atoms with Crippen LogP contribution in [0.15, 0.2) is 36.8 Å². The first kappa shape index (κ1) is 19.2. The molecule has 0 saturated carbocycles. The summed E-state index contributed by atoms with van der Waals surface area (Å²) in [7, 11) is 1.53. The summed E-state index contributed by atoms with van der Waals surface area (Å²) in [4.78, 5) is 33.5. The fourth-order valence-corrected chi connectivity index (χ4v) is 2.22. The monoisotopic (exact) mass is 358 g/mol. The molecule has 0 atom stereocenters. The number of anilines is 1. The second-order valence-corrected chi connectivity index (χ2v) is 5.33. The van der Waals surface area contributed by atoms with Gasteiger partial charge in [0.05, 0.1) is 26.0 Å². The number of likely N-dealkylation sites (N-methyl/N-ethyl adjacent to an activating group) is 1. The van der Waals surface area contributed by atoms with Crippen LogP contribution in [0.2, 0.25) is 0 Å². The van der Waals surface area contributed by atoms with Crippen LogP contribution >= 0.6 is 0 Å². The lowest BCUT2D eigenvalue weighted by atomic mass is 10.2. The number of nitrogens with zero attached hydrogens (tertiary/aromatic N) is 3. The van der Waals surface area contributed by atoms with Crippen molar-refractivity contribution in [3.63, 3.8) is 0 Å². The maximum absolute atomic E-state index is 12.2. The minimum Gasteiger partial charge on any atom is -0.490 e. The molecular weight excluding hydrogens is 336 g/mol. The molecule has 8 nitrogen and oxygen atoms in total. The van der Waals surface area contributed by atoms with E-state index in [0.29, 0.717) is 30.4 Å². The minimum atomic E-state index is -0.380. The summed E-state index contributed by atoms with van der Waals surface area (Å²) in [5, 5.41) is 2.74. The molecular formula is C18H22N4O4. The van der Waals surface area contributed by atoms with E-state index in [1.807, 2.05) is 13.8 Å². The van der Waals surface area contributed by atoms with Crippen LogP contribution in [0.4, 0.5) is 5.69 Å². The third-order valence-electron chi connectivity index (χ3n) is 3.34. The number of rotatable bonds is 8. The van der Waals surface area contributed by atoms with Gasteiger partial charge in [-0.3, -0.25) is 14.6 Å². The van der Waals surface area contributed by atoms with Gasteiger partial charge in [0.2, 0.25) is 5.91 Å². The molecule has 1 N–H and O–H groups in total. The van der Waals surface area contributed by atoms with Gasteiger partial charge in [0.15, 0.2) is 11.5 Å². The van der Waals surface area contributed by atoms with Crippen molar-refractivity contribution < 1.29 is 19.1 Å². The SMILES string of the molecule is CCOc1ccc(NC(=O)CN(C)C(=O)c2cnccn2)cc1OCC. The van der Waals surface area contributed by atoms with Crippen LogP contribution in [-0.4, -0.2) is 53.5 Å². The molecule has 0 fully saturated rings. The van der Waals surface area contributed by atoms with Crippen LogP contribution in [0.1, 0.15) is 24.3 Å². The summed E-state index contributed by atoms with van der Waals surface area (Å²) < 4.78 is 11.0. The first-order valence-electron chi connectivity index (χ1n) is 8.26. The number of carbonyl (C=O) groups excluding carboxylic acids is 2. The van der Waals surface area contributed by atoms with Crippen molar-refractivity contribution in [3.05, 3.63) is 42.5 Å². The molecule has 0 saturated heterocycles.